The van der Waals surface area contributed by atoms with Crippen LogP contribution in [-0.2, 0) is 11.2 Å². The molecule has 6 heteroatoms. The lowest BCUT2D eigenvalue weighted by Crippen LogP contribution is -2.37. The predicted molar refractivity (Wildman–Crippen MR) is 70.8 cm³/mol. The number of nitrogens with one attached hydrogen (secondary N) is 1. The van der Waals surface area contributed by atoms with Gasteiger partial charge in [-0.15, -0.1) is 11.3 Å². The first kappa shape index (κ1) is 13.0. The maximum atomic E-state index is 11.8. The number of rotatable bonds is 5. The highest BCUT2D eigenvalue weighted by Crippen LogP contribution is 2.16. The van der Waals surface area contributed by atoms with Crippen molar-refractivity contribution in [3.05, 3.63) is 23.0 Å². The second kappa shape index (κ2) is 5.49. The van der Waals surface area contributed by atoms with Gasteiger partial charge < -0.3 is 10.4 Å². The molecule has 2 aromatic rings. The van der Waals surface area contributed by atoms with Crippen molar-refractivity contribution in [2.45, 2.75) is 32.7 Å². The summed E-state index contributed by atoms with van der Waals surface area (Å²) in [5, 5.41) is 13.8. The van der Waals surface area contributed by atoms with Gasteiger partial charge >= 0.3 is 0 Å². The van der Waals surface area contributed by atoms with Crippen LogP contribution in [0.2, 0.25) is 0 Å². The van der Waals surface area contributed by atoms with Crippen LogP contribution in [0.1, 0.15) is 24.7 Å². The van der Waals surface area contributed by atoms with Crippen molar-refractivity contribution in [1.82, 2.24) is 14.7 Å². The van der Waals surface area contributed by atoms with E-state index in [-0.39, 0.29) is 18.6 Å². The van der Waals surface area contributed by atoms with E-state index in [1.165, 1.54) is 11.3 Å². The zero-order chi connectivity index (χ0) is 13.1. The van der Waals surface area contributed by atoms with Crippen molar-refractivity contribution in [2.75, 3.05) is 6.61 Å². The van der Waals surface area contributed by atoms with Crippen LogP contribution in [0, 0.1) is 6.92 Å². The molecule has 0 bridgehead atoms. The number of imidazole rings is 1. The van der Waals surface area contributed by atoms with Crippen LogP contribution in [-0.4, -0.2) is 33.0 Å². The zero-order valence-corrected chi connectivity index (χ0v) is 11.3. The first-order valence-electron chi connectivity index (χ1n) is 5.96. The van der Waals surface area contributed by atoms with Crippen LogP contribution in [0.5, 0.6) is 0 Å². The molecule has 0 aliphatic heterocycles. The summed E-state index contributed by atoms with van der Waals surface area (Å²) in [5.41, 5.74) is 1.88. The molecule has 5 nitrogen and oxygen atoms in total. The standard InChI is InChI=1S/C12H17N3O2S/c1-3-9(6-16)14-11(17)4-10-7-18-12-13-8(2)5-15(10)12/h5,7,9,16H,3-4,6H2,1-2H3,(H,14,17)/t9-/m1/s1. The minimum Gasteiger partial charge on any atom is -0.394 e. The molecule has 0 unspecified atom stereocenters. The quantitative estimate of drug-likeness (QED) is 0.853. The van der Waals surface area contributed by atoms with Gasteiger partial charge in [-0.3, -0.25) is 9.20 Å². The van der Waals surface area contributed by atoms with E-state index < -0.39 is 0 Å². The Bertz CT molecular complexity index is 543. The lowest BCUT2D eigenvalue weighted by Gasteiger charge is -2.13. The van der Waals surface area contributed by atoms with E-state index >= 15 is 0 Å². The Morgan fingerprint density at radius 1 is 1.67 bits per heavy atom. The lowest BCUT2D eigenvalue weighted by atomic mass is 10.2. The number of carbonyl (C=O) groups is 1. The maximum absolute atomic E-state index is 11.8. The summed E-state index contributed by atoms with van der Waals surface area (Å²) >= 11 is 1.53. The van der Waals surface area contributed by atoms with Crippen LogP contribution >= 0.6 is 11.3 Å². The van der Waals surface area contributed by atoms with Crippen molar-refractivity contribution in [2.24, 2.45) is 0 Å². The highest BCUT2D eigenvalue weighted by Gasteiger charge is 2.13. The lowest BCUT2D eigenvalue weighted by molar-refractivity contribution is -0.121. The van der Waals surface area contributed by atoms with Gasteiger partial charge in [0.2, 0.25) is 5.91 Å². The topological polar surface area (TPSA) is 66.6 Å². The highest BCUT2D eigenvalue weighted by molar-refractivity contribution is 7.15. The molecule has 0 radical (unpaired) electrons. The van der Waals surface area contributed by atoms with Crippen molar-refractivity contribution < 1.29 is 9.90 Å². The van der Waals surface area contributed by atoms with E-state index in [0.717, 1.165) is 22.8 Å². The van der Waals surface area contributed by atoms with Gasteiger partial charge in [0.25, 0.3) is 0 Å². The monoisotopic (exact) mass is 267 g/mol. The van der Waals surface area contributed by atoms with Gasteiger partial charge in [0.15, 0.2) is 4.96 Å². The fraction of sp³-hybridized carbons (Fsp3) is 0.500. The maximum Gasteiger partial charge on any atom is 0.226 e. The highest BCUT2D eigenvalue weighted by atomic mass is 32.1. The average Bonchev–Trinajstić information content (AvgIpc) is 2.87. The van der Waals surface area contributed by atoms with Crippen LogP contribution < -0.4 is 5.32 Å². The second-order valence-corrected chi connectivity index (χ2v) is 5.13. The third-order valence-electron chi connectivity index (χ3n) is 2.82. The van der Waals surface area contributed by atoms with Crippen molar-refractivity contribution in [3.63, 3.8) is 0 Å². The third kappa shape index (κ3) is 2.70. The van der Waals surface area contributed by atoms with Crippen LogP contribution in [0.15, 0.2) is 11.6 Å². The Morgan fingerprint density at radius 2 is 2.44 bits per heavy atom. The number of fused-ring (bicyclic) bond motifs is 1. The van der Waals surface area contributed by atoms with Gasteiger partial charge in [-0.1, -0.05) is 6.92 Å². The summed E-state index contributed by atoms with van der Waals surface area (Å²) in [6, 6.07) is -0.156. The minimum absolute atomic E-state index is 0.0224. The third-order valence-corrected chi connectivity index (χ3v) is 3.71. The summed E-state index contributed by atoms with van der Waals surface area (Å²) in [6.07, 6.45) is 2.97. The molecule has 2 rings (SSSR count). The molecule has 0 saturated carbocycles. The fourth-order valence-corrected chi connectivity index (χ4v) is 2.71. The van der Waals surface area contributed by atoms with Gasteiger partial charge in [-0.2, -0.15) is 0 Å². The van der Waals surface area contributed by atoms with Crippen molar-refractivity contribution >= 4 is 22.2 Å². The minimum atomic E-state index is -0.156. The molecule has 2 N–H and O–H groups in total. The van der Waals surface area contributed by atoms with Crippen LogP contribution in [0.3, 0.4) is 0 Å². The Balaban J connectivity index is 2.06. The van der Waals surface area contributed by atoms with Gasteiger partial charge in [-0.05, 0) is 13.3 Å². The number of aryl methyl sites for hydroxylation is 1. The van der Waals surface area contributed by atoms with Gasteiger partial charge in [0.05, 0.1) is 24.8 Å². The van der Waals surface area contributed by atoms with Crippen molar-refractivity contribution in [1.29, 1.82) is 0 Å². The number of nitrogens with zero attached hydrogens (tertiary/aromatic N) is 2. The van der Waals surface area contributed by atoms with E-state index in [1.807, 2.05) is 29.8 Å². The molecule has 0 aromatic carbocycles. The van der Waals surface area contributed by atoms with Crippen molar-refractivity contribution in [3.8, 4) is 0 Å². The fourth-order valence-electron chi connectivity index (χ4n) is 1.79. The number of hydrogen-bond donors (Lipinski definition) is 2. The average molecular weight is 267 g/mol. The Hall–Kier alpha value is -1.40. The largest absolute Gasteiger partial charge is 0.394 e. The SMILES string of the molecule is CC[C@H](CO)NC(=O)Cc1csc2nc(C)cn12. The number of amides is 1. The normalized spacial score (nSPS) is 12.8. The number of aromatic nitrogens is 2. The summed E-state index contributed by atoms with van der Waals surface area (Å²) in [4.78, 5) is 17.1. The van der Waals surface area contributed by atoms with Gasteiger partial charge in [-0.25, -0.2) is 4.98 Å². The molecule has 0 saturated heterocycles. The molecule has 2 aromatic heterocycles. The molecular formula is C12H17N3O2S. The second-order valence-electron chi connectivity index (χ2n) is 4.29. The Kier molecular flexibility index (Phi) is 3.98. The number of aliphatic hydroxyl groups is 1. The Morgan fingerprint density at radius 3 is 3.11 bits per heavy atom. The molecule has 1 atom stereocenters. The molecule has 0 aliphatic rings. The zero-order valence-electron chi connectivity index (χ0n) is 10.5. The van der Waals surface area contributed by atoms with Gasteiger partial charge in [0, 0.05) is 17.3 Å². The van der Waals surface area contributed by atoms with Gasteiger partial charge in [0.1, 0.15) is 0 Å². The van der Waals surface area contributed by atoms with E-state index in [9.17, 15) is 4.79 Å². The summed E-state index contributed by atoms with van der Waals surface area (Å²) in [5.74, 6) is -0.0676. The molecular weight excluding hydrogens is 250 g/mol. The van der Waals surface area contributed by atoms with E-state index in [2.05, 4.69) is 10.3 Å². The predicted octanol–water partition coefficient (Wildman–Crippen LogP) is 1.13. The summed E-state index contributed by atoms with van der Waals surface area (Å²) in [7, 11) is 0. The molecule has 2 heterocycles. The van der Waals surface area contributed by atoms with E-state index in [1.54, 1.807) is 0 Å². The number of hydrogen-bond acceptors (Lipinski definition) is 4. The first-order chi connectivity index (χ1) is 8.63. The molecule has 1 amide bonds. The number of aliphatic hydroxyl groups excluding tert-OH is 1. The summed E-state index contributed by atoms with van der Waals surface area (Å²) < 4.78 is 1.94. The van der Waals surface area contributed by atoms with E-state index in [0.29, 0.717) is 6.42 Å². The van der Waals surface area contributed by atoms with Crippen LogP contribution in [0.25, 0.3) is 4.96 Å². The molecule has 0 spiro atoms. The van der Waals surface area contributed by atoms with E-state index in [4.69, 9.17) is 5.11 Å². The molecule has 0 aliphatic carbocycles. The molecule has 0 fully saturated rings. The number of carbonyl (C=O) groups excluding carboxylic acids is 1. The molecule has 98 valence electrons. The van der Waals surface area contributed by atoms with Crippen LogP contribution in [0.4, 0.5) is 0 Å². The molecule has 18 heavy (non-hydrogen) atoms. The first-order valence-corrected chi connectivity index (χ1v) is 6.84. The summed E-state index contributed by atoms with van der Waals surface area (Å²) in [6.45, 7) is 3.84. The number of thiazole rings is 1. The smallest absolute Gasteiger partial charge is 0.226 e. The Labute approximate surface area is 109 Å².